The molecule has 0 aliphatic carbocycles. The average Bonchev–Trinajstić information content (AvgIpc) is 3.03. The van der Waals surface area contributed by atoms with Gasteiger partial charge in [-0.15, -0.1) is 0 Å². The summed E-state index contributed by atoms with van der Waals surface area (Å²) in [5.41, 5.74) is 2.70. The molecule has 3 aromatic rings. The molecule has 0 aromatic heterocycles. The van der Waals surface area contributed by atoms with Crippen molar-refractivity contribution in [3.63, 3.8) is 0 Å². The molecule has 4 rings (SSSR count). The first-order chi connectivity index (χ1) is 21.3. The number of carboxylic acids is 1. The zero-order valence-electron chi connectivity index (χ0n) is 24.6. The van der Waals surface area contributed by atoms with E-state index in [1.807, 2.05) is 42.5 Å². The Morgan fingerprint density at radius 1 is 0.909 bits per heavy atom. The van der Waals surface area contributed by atoms with E-state index in [-0.39, 0.29) is 44.4 Å². The van der Waals surface area contributed by atoms with Crippen LogP contribution < -0.4 is 24.3 Å². The normalized spacial score (nSPS) is 12.8. The summed E-state index contributed by atoms with van der Waals surface area (Å²) in [6.45, 7) is -0.473. The lowest BCUT2D eigenvalue weighted by molar-refractivity contribution is -0.139. The van der Waals surface area contributed by atoms with Crippen LogP contribution in [0.1, 0.15) is 23.1 Å². The third-order valence-corrected chi connectivity index (χ3v) is 6.89. The molecule has 12 nitrogen and oxygen atoms in total. The summed E-state index contributed by atoms with van der Waals surface area (Å²) in [7, 11) is 3.10. The van der Waals surface area contributed by atoms with E-state index in [1.165, 1.54) is 11.0 Å². The Hall–Kier alpha value is -4.97. The minimum atomic E-state index is -1.15. The molecule has 0 fully saturated rings. The van der Waals surface area contributed by atoms with Gasteiger partial charge in [-0.3, -0.25) is 4.79 Å². The first-order valence-corrected chi connectivity index (χ1v) is 14.0. The summed E-state index contributed by atoms with van der Waals surface area (Å²) in [5, 5.41) is 22.6. The van der Waals surface area contributed by atoms with E-state index in [1.54, 1.807) is 26.4 Å². The monoisotopic (exact) mass is 608 g/mol. The van der Waals surface area contributed by atoms with Crippen LogP contribution in [0.5, 0.6) is 23.0 Å². The lowest BCUT2D eigenvalue weighted by Crippen LogP contribution is -2.41. The summed E-state index contributed by atoms with van der Waals surface area (Å²) >= 11 is 0. The number of carbonyl (C=O) groups is 3. The quantitative estimate of drug-likeness (QED) is 0.233. The molecule has 1 heterocycles. The number of ether oxygens (including phenoxy) is 5. The lowest BCUT2D eigenvalue weighted by atomic mass is 10.0. The van der Waals surface area contributed by atoms with Crippen molar-refractivity contribution in [2.24, 2.45) is 0 Å². The second-order valence-corrected chi connectivity index (χ2v) is 10.0. The van der Waals surface area contributed by atoms with Gasteiger partial charge >= 0.3 is 12.1 Å². The zero-order chi connectivity index (χ0) is 31.5. The molecule has 3 N–H and O–H groups in total. The number of carbonyl (C=O) groups excluding carboxylic acids is 2. The summed E-state index contributed by atoms with van der Waals surface area (Å²) in [6.07, 6.45) is -0.653. The summed E-state index contributed by atoms with van der Waals surface area (Å²) in [4.78, 5) is 37.6. The molecule has 12 heteroatoms. The number of aliphatic hydroxyl groups excluding tert-OH is 1. The van der Waals surface area contributed by atoms with E-state index < -0.39 is 24.8 Å². The maximum absolute atomic E-state index is 13.2. The third-order valence-electron chi connectivity index (χ3n) is 6.89. The number of hydrogen-bond donors (Lipinski definition) is 3. The van der Waals surface area contributed by atoms with E-state index >= 15 is 0 Å². The molecular weight excluding hydrogens is 572 g/mol. The fourth-order valence-corrected chi connectivity index (χ4v) is 4.69. The number of anilines is 1. The minimum Gasteiger partial charge on any atom is -0.493 e. The summed E-state index contributed by atoms with van der Waals surface area (Å²) in [5.74, 6) is 0.397. The maximum Gasteiger partial charge on any atom is 0.410 e. The van der Waals surface area contributed by atoms with Crippen LogP contribution in [-0.4, -0.2) is 79.7 Å². The molecule has 1 unspecified atom stereocenters. The zero-order valence-corrected chi connectivity index (χ0v) is 24.6. The van der Waals surface area contributed by atoms with Crippen LogP contribution in [0.4, 0.5) is 10.5 Å². The molecule has 1 aliphatic heterocycles. The molecular formula is C32H36N2O10. The van der Waals surface area contributed by atoms with Gasteiger partial charge in [-0.05, 0) is 48.2 Å². The van der Waals surface area contributed by atoms with Crippen LogP contribution >= 0.6 is 0 Å². The van der Waals surface area contributed by atoms with Gasteiger partial charge in [0.05, 0.1) is 26.5 Å². The van der Waals surface area contributed by atoms with Crippen molar-refractivity contribution in [1.29, 1.82) is 0 Å². The van der Waals surface area contributed by atoms with Crippen LogP contribution in [-0.2, 0) is 33.8 Å². The van der Waals surface area contributed by atoms with Crippen LogP contribution in [0.15, 0.2) is 60.7 Å². The van der Waals surface area contributed by atoms with Crippen molar-refractivity contribution in [2.75, 3.05) is 45.8 Å². The standard InChI is InChI=1S/C32H36N2O10/c1-40-26-10-8-21(16-28(26)41-2)14-15-34(32(39)44-18-22-6-4-3-5-7-22)17-23(35)19-42-25-11-12-27(43-20-30(37)38)31-24(25)9-13-29(36)33-31/h3-8,10-12,16,23,35H,9,13-15,17-20H2,1-2H3,(H,33,36)(H,37,38). The Balaban J connectivity index is 1.43. The molecule has 0 radical (unpaired) electrons. The number of hydrogen-bond acceptors (Lipinski definition) is 9. The number of aliphatic carboxylic acids is 1. The molecule has 2 amide bonds. The number of methoxy groups -OCH3 is 2. The Morgan fingerprint density at radius 3 is 2.36 bits per heavy atom. The molecule has 234 valence electrons. The van der Waals surface area contributed by atoms with E-state index in [2.05, 4.69) is 5.32 Å². The first-order valence-electron chi connectivity index (χ1n) is 14.0. The van der Waals surface area contributed by atoms with Crippen molar-refractivity contribution >= 4 is 23.7 Å². The largest absolute Gasteiger partial charge is 0.493 e. The number of aliphatic hydroxyl groups is 1. The number of rotatable bonds is 15. The van der Waals surface area contributed by atoms with Crippen molar-refractivity contribution in [1.82, 2.24) is 4.90 Å². The van der Waals surface area contributed by atoms with E-state index in [4.69, 9.17) is 28.8 Å². The van der Waals surface area contributed by atoms with Crippen molar-refractivity contribution in [3.05, 3.63) is 77.4 Å². The summed E-state index contributed by atoms with van der Waals surface area (Å²) in [6, 6.07) is 17.9. The fraction of sp³-hybridized carbons (Fsp3) is 0.344. The molecule has 1 aliphatic rings. The fourth-order valence-electron chi connectivity index (χ4n) is 4.69. The van der Waals surface area contributed by atoms with Crippen LogP contribution in [0.25, 0.3) is 0 Å². The molecule has 0 saturated heterocycles. The van der Waals surface area contributed by atoms with Crippen molar-refractivity contribution in [2.45, 2.75) is 32.0 Å². The van der Waals surface area contributed by atoms with E-state index in [0.717, 1.165) is 11.1 Å². The van der Waals surface area contributed by atoms with Gasteiger partial charge in [0.1, 0.15) is 30.8 Å². The average molecular weight is 609 g/mol. The second-order valence-electron chi connectivity index (χ2n) is 10.0. The first kappa shape index (κ1) is 32.0. The molecule has 3 aromatic carbocycles. The topological polar surface area (TPSA) is 153 Å². The number of nitrogens with one attached hydrogen (secondary N) is 1. The Kier molecular flexibility index (Phi) is 11.2. The van der Waals surface area contributed by atoms with Crippen molar-refractivity contribution in [3.8, 4) is 23.0 Å². The predicted molar refractivity (Wildman–Crippen MR) is 159 cm³/mol. The van der Waals surface area contributed by atoms with Crippen LogP contribution in [0.3, 0.4) is 0 Å². The predicted octanol–water partition coefficient (Wildman–Crippen LogP) is 3.67. The van der Waals surface area contributed by atoms with Gasteiger partial charge in [-0.1, -0.05) is 36.4 Å². The molecule has 1 atom stereocenters. The highest BCUT2D eigenvalue weighted by molar-refractivity contribution is 5.96. The van der Waals surface area contributed by atoms with Gasteiger partial charge in [-0.2, -0.15) is 0 Å². The molecule has 44 heavy (non-hydrogen) atoms. The Bertz CT molecular complexity index is 1450. The van der Waals surface area contributed by atoms with Gasteiger partial charge in [0.15, 0.2) is 18.1 Å². The van der Waals surface area contributed by atoms with E-state index in [9.17, 15) is 19.5 Å². The highest BCUT2D eigenvalue weighted by atomic mass is 16.6. The van der Waals surface area contributed by atoms with Crippen LogP contribution in [0.2, 0.25) is 0 Å². The number of benzene rings is 3. The molecule has 0 saturated carbocycles. The third kappa shape index (κ3) is 8.77. The minimum absolute atomic E-state index is 0.0698. The Morgan fingerprint density at radius 2 is 1.64 bits per heavy atom. The number of fused-ring (bicyclic) bond motifs is 1. The van der Waals surface area contributed by atoms with Gasteiger partial charge in [0.25, 0.3) is 0 Å². The highest BCUT2D eigenvalue weighted by Gasteiger charge is 2.25. The van der Waals surface area contributed by atoms with Gasteiger partial charge in [-0.25, -0.2) is 9.59 Å². The van der Waals surface area contributed by atoms with Crippen molar-refractivity contribution < 1.29 is 48.3 Å². The number of amides is 2. The summed E-state index contributed by atoms with van der Waals surface area (Å²) < 4.78 is 27.5. The molecule has 0 spiro atoms. The van der Waals surface area contributed by atoms with E-state index in [0.29, 0.717) is 41.3 Å². The van der Waals surface area contributed by atoms with Gasteiger partial charge in [0, 0.05) is 18.5 Å². The van der Waals surface area contributed by atoms with Crippen LogP contribution in [0, 0.1) is 0 Å². The van der Waals surface area contributed by atoms with Gasteiger partial charge < -0.3 is 44.1 Å². The second kappa shape index (κ2) is 15.5. The SMILES string of the molecule is COc1ccc(CCN(CC(O)COc2ccc(OCC(=O)O)c3c2CCC(=O)N3)C(=O)OCc2ccccc2)cc1OC. The highest BCUT2D eigenvalue weighted by Crippen LogP contribution is 2.39. The van der Waals surface area contributed by atoms with Gasteiger partial charge in [0.2, 0.25) is 5.91 Å². The maximum atomic E-state index is 13.2. The number of nitrogens with zero attached hydrogens (tertiary/aromatic N) is 1. The smallest absolute Gasteiger partial charge is 0.410 e. The Labute approximate surface area is 255 Å². The lowest BCUT2D eigenvalue weighted by Gasteiger charge is -2.26. The molecule has 0 bridgehead atoms. The number of carboxylic acid groups (broad SMARTS) is 1.